The van der Waals surface area contributed by atoms with Crippen molar-refractivity contribution in [3.8, 4) is 0 Å². The summed E-state index contributed by atoms with van der Waals surface area (Å²) in [5.41, 5.74) is 1.51. The van der Waals surface area contributed by atoms with Gasteiger partial charge in [0.2, 0.25) is 0 Å². The lowest BCUT2D eigenvalue weighted by molar-refractivity contribution is 0.0899. The lowest BCUT2D eigenvalue weighted by atomic mass is 9.92. The molecule has 4 heterocycles. The van der Waals surface area contributed by atoms with Crippen LogP contribution >= 0.6 is 0 Å². The second-order valence-corrected chi connectivity index (χ2v) is 7.74. The van der Waals surface area contributed by atoms with E-state index in [9.17, 15) is 9.00 Å². The van der Waals surface area contributed by atoms with Crippen LogP contribution < -0.4 is 0 Å². The molecule has 2 saturated heterocycles. The molecule has 4 nitrogen and oxygen atoms in total. The summed E-state index contributed by atoms with van der Waals surface area (Å²) >= 11 is 0. The Hall–Kier alpha value is -1.49. The van der Waals surface area contributed by atoms with Crippen molar-refractivity contribution in [2.75, 3.05) is 0 Å². The van der Waals surface area contributed by atoms with Crippen molar-refractivity contribution < 1.29 is 9.00 Å². The summed E-state index contributed by atoms with van der Waals surface area (Å²) in [4.78, 5) is 17.0. The first-order valence-corrected chi connectivity index (χ1v) is 8.37. The Bertz CT molecular complexity index is 693. The Morgan fingerprint density at radius 1 is 1.25 bits per heavy atom. The molecule has 0 spiro atoms. The molecule has 0 saturated carbocycles. The number of fused-ring (bicyclic) bond motifs is 3. The maximum Gasteiger partial charge on any atom is 0.182 e. The Morgan fingerprint density at radius 2 is 2.00 bits per heavy atom. The van der Waals surface area contributed by atoms with Gasteiger partial charge < -0.3 is 0 Å². The van der Waals surface area contributed by atoms with Crippen molar-refractivity contribution in [2.24, 2.45) is 5.92 Å². The number of hydrogen-bond acceptors (Lipinski definition) is 3. The zero-order valence-corrected chi connectivity index (χ0v) is 11.9. The smallest absolute Gasteiger partial charge is 0.182 e. The fraction of sp³-hybridized carbons (Fsp3) is 0.467. The number of Topliss-reactive ketones (excluding diaryl/α,β-unsaturated/α-hetero) is 1. The van der Waals surface area contributed by atoms with Gasteiger partial charge in [-0.1, -0.05) is 6.07 Å². The van der Waals surface area contributed by atoms with Crippen LogP contribution in [0, 0.1) is 5.92 Å². The first kappa shape index (κ1) is 12.3. The predicted molar refractivity (Wildman–Crippen MR) is 77.2 cm³/mol. The van der Waals surface area contributed by atoms with Gasteiger partial charge in [-0.15, -0.1) is 0 Å². The number of rotatable bonds is 2. The van der Waals surface area contributed by atoms with Gasteiger partial charge in [0.1, 0.15) is 5.65 Å². The Labute approximate surface area is 119 Å². The van der Waals surface area contributed by atoms with Crippen LogP contribution in [0.5, 0.6) is 0 Å². The molecule has 2 aliphatic heterocycles. The minimum absolute atomic E-state index is 0.0261. The molecule has 2 aliphatic rings. The second kappa shape index (κ2) is 4.52. The van der Waals surface area contributed by atoms with Gasteiger partial charge in [-0.3, -0.25) is 13.4 Å². The van der Waals surface area contributed by atoms with E-state index in [-0.39, 0.29) is 22.2 Å². The summed E-state index contributed by atoms with van der Waals surface area (Å²) in [5.74, 6) is 0.209. The van der Waals surface area contributed by atoms with Gasteiger partial charge in [0.05, 0.1) is 5.69 Å². The van der Waals surface area contributed by atoms with Gasteiger partial charge in [-0.25, -0.2) is 4.98 Å². The Balaban J connectivity index is 1.68. The van der Waals surface area contributed by atoms with Gasteiger partial charge in [0.15, 0.2) is 5.78 Å². The maximum absolute atomic E-state index is 12.8. The topological polar surface area (TPSA) is 51.4 Å². The van der Waals surface area contributed by atoms with E-state index in [1.165, 1.54) is 0 Å². The minimum atomic E-state index is -0.703. The van der Waals surface area contributed by atoms with E-state index >= 15 is 0 Å². The highest BCUT2D eigenvalue weighted by Crippen LogP contribution is 2.39. The fourth-order valence-corrected chi connectivity index (χ4v) is 5.73. The van der Waals surface area contributed by atoms with Crippen molar-refractivity contribution in [2.45, 2.75) is 36.2 Å². The summed E-state index contributed by atoms with van der Waals surface area (Å²) < 4.78 is 13.9. The van der Waals surface area contributed by atoms with Gasteiger partial charge in [-0.05, 0) is 37.8 Å². The summed E-state index contributed by atoms with van der Waals surface area (Å²) in [7, 11) is -0.703. The molecule has 0 aliphatic carbocycles. The van der Waals surface area contributed by atoms with E-state index in [2.05, 4.69) is 4.98 Å². The monoisotopic (exact) mass is 288 g/mol. The third-order valence-electron chi connectivity index (χ3n) is 4.61. The Kier molecular flexibility index (Phi) is 2.77. The molecule has 104 valence electrons. The van der Waals surface area contributed by atoms with E-state index in [1.54, 1.807) is 6.20 Å². The quantitative estimate of drug-likeness (QED) is 0.796. The second-order valence-electron chi connectivity index (χ2n) is 5.75. The van der Waals surface area contributed by atoms with Crippen molar-refractivity contribution >= 4 is 22.2 Å². The van der Waals surface area contributed by atoms with E-state index in [0.717, 1.165) is 31.3 Å². The fourth-order valence-electron chi connectivity index (χ4n) is 3.60. The largest absolute Gasteiger partial charge is 0.297 e. The van der Waals surface area contributed by atoms with Crippen molar-refractivity contribution in [3.05, 3.63) is 36.3 Å². The number of carbonyl (C=O) groups is 1. The van der Waals surface area contributed by atoms with E-state index in [1.807, 2.05) is 28.8 Å². The first-order chi connectivity index (χ1) is 9.74. The van der Waals surface area contributed by atoms with Crippen LogP contribution in [0.15, 0.2) is 30.6 Å². The maximum atomic E-state index is 12.8. The zero-order chi connectivity index (χ0) is 13.7. The van der Waals surface area contributed by atoms with Crippen molar-refractivity contribution in [1.82, 2.24) is 9.38 Å². The number of carbonyl (C=O) groups excluding carboxylic acids is 1. The van der Waals surface area contributed by atoms with Crippen molar-refractivity contribution in [3.63, 3.8) is 0 Å². The number of hydrogen-bond donors (Lipinski definition) is 0. The van der Waals surface area contributed by atoms with Crippen LogP contribution in [0.4, 0.5) is 0 Å². The lowest BCUT2D eigenvalue weighted by Crippen LogP contribution is -2.32. The SMILES string of the molecule is O=C(c1cccc2nccn12)C1CC2CCC(C1)S2=O. The number of aromatic nitrogens is 2. The molecule has 0 amide bonds. The summed E-state index contributed by atoms with van der Waals surface area (Å²) in [6.45, 7) is 0. The molecule has 0 N–H and O–H groups in total. The van der Waals surface area contributed by atoms with Crippen LogP contribution in [0.1, 0.15) is 36.2 Å². The number of imidazole rings is 1. The molecular formula is C15H16N2O2S. The highest BCUT2D eigenvalue weighted by atomic mass is 32.2. The minimum Gasteiger partial charge on any atom is -0.297 e. The number of pyridine rings is 1. The molecule has 0 aromatic carbocycles. The predicted octanol–water partition coefficient (Wildman–Crippen LogP) is 2.21. The number of ketones is 1. The number of nitrogens with zero attached hydrogens (tertiary/aromatic N) is 2. The van der Waals surface area contributed by atoms with Gasteiger partial charge in [0.25, 0.3) is 0 Å². The molecule has 4 rings (SSSR count). The molecule has 2 bridgehead atoms. The van der Waals surface area contributed by atoms with E-state index < -0.39 is 10.8 Å². The third-order valence-corrected chi connectivity index (χ3v) is 6.78. The molecule has 2 aromatic heterocycles. The Morgan fingerprint density at radius 3 is 2.75 bits per heavy atom. The molecule has 2 unspecified atom stereocenters. The summed E-state index contributed by atoms with van der Waals surface area (Å²) in [5, 5.41) is 0.481. The van der Waals surface area contributed by atoms with E-state index in [0.29, 0.717) is 5.69 Å². The van der Waals surface area contributed by atoms with Crippen molar-refractivity contribution in [1.29, 1.82) is 0 Å². The summed E-state index contributed by atoms with van der Waals surface area (Å²) in [6, 6.07) is 5.64. The summed E-state index contributed by atoms with van der Waals surface area (Å²) in [6.07, 6.45) is 7.16. The highest BCUT2D eigenvalue weighted by Gasteiger charge is 2.43. The van der Waals surface area contributed by atoms with Crippen LogP contribution in [-0.2, 0) is 10.8 Å². The molecule has 2 atom stereocenters. The molecular weight excluding hydrogens is 272 g/mol. The molecule has 0 radical (unpaired) electrons. The third kappa shape index (κ3) is 1.76. The molecule has 5 heteroatoms. The normalized spacial score (nSPS) is 32.6. The molecule has 2 fully saturated rings. The van der Waals surface area contributed by atoms with Crippen LogP contribution in [-0.4, -0.2) is 29.9 Å². The van der Waals surface area contributed by atoms with Crippen LogP contribution in [0.3, 0.4) is 0 Å². The molecule has 20 heavy (non-hydrogen) atoms. The molecule has 2 aromatic rings. The first-order valence-electron chi connectivity index (χ1n) is 7.09. The highest BCUT2D eigenvalue weighted by molar-refractivity contribution is 7.86. The average Bonchev–Trinajstić information content (AvgIpc) is 2.99. The van der Waals surface area contributed by atoms with Crippen LogP contribution in [0.2, 0.25) is 0 Å². The standard InChI is InChI=1S/C15H16N2O2S/c18-15(10-8-11-4-5-12(9-10)20(11)19)13-2-1-3-14-16-6-7-17(13)14/h1-3,6-7,10-12H,4-5,8-9H2. The zero-order valence-electron chi connectivity index (χ0n) is 11.1. The lowest BCUT2D eigenvalue weighted by Gasteiger charge is -2.26. The van der Waals surface area contributed by atoms with Gasteiger partial charge >= 0.3 is 0 Å². The van der Waals surface area contributed by atoms with E-state index in [4.69, 9.17) is 0 Å². The average molecular weight is 288 g/mol. The van der Waals surface area contributed by atoms with Gasteiger partial charge in [0, 0.05) is 39.6 Å². The van der Waals surface area contributed by atoms with Gasteiger partial charge in [-0.2, -0.15) is 0 Å². The van der Waals surface area contributed by atoms with Crippen LogP contribution in [0.25, 0.3) is 5.65 Å².